The molecule has 3 aromatic rings. The maximum Gasteiger partial charge on any atom is 0.260 e. The summed E-state index contributed by atoms with van der Waals surface area (Å²) in [6.07, 6.45) is 0. The van der Waals surface area contributed by atoms with Crippen LogP contribution in [0.25, 0.3) is 11.0 Å². The zero-order valence-electron chi connectivity index (χ0n) is 17.0. The lowest BCUT2D eigenvalue weighted by atomic mass is 10.2. The molecule has 0 bridgehead atoms. The van der Waals surface area contributed by atoms with Gasteiger partial charge in [-0.3, -0.25) is 9.69 Å². The van der Waals surface area contributed by atoms with Crippen molar-refractivity contribution in [2.45, 2.75) is 11.4 Å². The van der Waals surface area contributed by atoms with E-state index in [2.05, 4.69) is 4.98 Å². The fourth-order valence-corrected chi connectivity index (χ4v) is 5.66. The number of carbonyl (C=O) groups excluding carboxylic acids is 1. The molecule has 1 saturated heterocycles. The third-order valence-corrected chi connectivity index (χ3v) is 7.59. The summed E-state index contributed by atoms with van der Waals surface area (Å²) < 4.78 is 40.4. The average Bonchev–Trinajstić information content (AvgIpc) is 3.38. The Morgan fingerprint density at radius 3 is 2.61 bits per heavy atom. The van der Waals surface area contributed by atoms with Crippen LogP contribution in [-0.2, 0) is 21.3 Å². The van der Waals surface area contributed by atoms with Gasteiger partial charge in [0.05, 0.1) is 31.4 Å². The maximum absolute atomic E-state index is 13.3. The number of hydrogen-bond donors (Lipinski definition) is 0. The van der Waals surface area contributed by atoms with Crippen LogP contribution >= 0.6 is 0 Å². The van der Waals surface area contributed by atoms with E-state index < -0.39 is 10.0 Å². The van der Waals surface area contributed by atoms with E-state index in [-0.39, 0.29) is 35.2 Å². The van der Waals surface area contributed by atoms with Crippen LogP contribution < -0.4 is 9.64 Å². The molecule has 1 fully saturated rings. The van der Waals surface area contributed by atoms with Crippen LogP contribution in [0.2, 0.25) is 0 Å². The number of rotatable bonds is 4. The van der Waals surface area contributed by atoms with Crippen LogP contribution in [0, 0.1) is 0 Å². The van der Waals surface area contributed by atoms with E-state index in [4.69, 9.17) is 9.47 Å². The van der Waals surface area contributed by atoms with Gasteiger partial charge in [-0.05, 0) is 30.3 Å². The van der Waals surface area contributed by atoms with E-state index in [0.29, 0.717) is 32.3 Å². The van der Waals surface area contributed by atoms with Crippen LogP contribution in [0.1, 0.15) is 10.4 Å². The molecule has 31 heavy (non-hydrogen) atoms. The third-order valence-electron chi connectivity index (χ3n) is 5.67. The molecule has 10 heteroatoms. The molecule has 0 atom stereocenters. The number of anilines is 1. The molecule has 2 aromatic carbocycles. The van der Waals surface area contributed by atoms with Crippen LogP contribution in [0.15, 0.2) is 47.4 Å². The van der Waals surface area contributed by atoms with Crippen molar-refractivity contribution in [2.24, 2.45) is 0 Å². The number of methoxy groups -OCH3 is 1. The van der Waals surface area contributed by atoms with Gasteiger partial charge in [0.2, 0.25) is 16.0 Å². The van der Waals surface area contributed by atoms with E-state index in [1.165, 1.54) is 23.5 Å². The lowest BCUT2D eigenvalue weighted by Crippen LogP contribution is -2.40. The Balaban J connectivity index is 1.52. The number of sulfonamides is 1. The summed E-state index contributed by atoms with van der Waals surface area (Å²) >= 11 is 0. The first-order valence-corrected chi connectivity index (χ1v) is 11.5. The largest absolute Gasteiger partial charge is 0.495 e. The Hall–Kier alpha value is -2.95. The van der Waals surface area contributed by atoms with Crippen molar-refractivity contribution in [3.8, 4) is 5.75 Å². The van der Waals surface area contributed by atoms with Gasteiger partial charge in [-0.1, -0.05) is 12.1 Å². The molecule has 2 aliphatic rings. The number of hydrogen-bond acceptors (Lipinski definition) is 6. The quantitative estimate of drug-likeness (QED) is 0.611. The number of para-hydroxylation sites is 2. The standard InChI is InChI=1S/C21H22N4O5S/c1-29-18-7-6-15(14-19(18)31(27,28)23-10-12-30-13-11-23)20(26)25-9-8-24-17-5-3-2-4-16(17)22-21(24)25/h2-7,14H,8-13H2,1H3. The number of benzene rings is 2. The van der Waals surface area contributed by atoms with Crippen molar-refractivity contribution in [3.05, 3.63) is 48.0 Å². The van der Waals surface area contributed by atoms with Gasteiger partial charge in [-0.25, -0.2) is 13.4 Å². The summed E-state index contributed by atoms with van der Waals surface area (Å²) in [6, 6.07) is 12.2. The van der Waals surface area contributed by atoms with E-state index in [0.717, 1.165) is 11.0 Å². The van der Waals surface area contributed by atoms with Crippen LogP contribution in [-0.4, -0.2) is 68.1 Å². The highest BCUT2D eigenvalue weighted by Crippen LogP contribution is 2.31. The first-order valence-electron chi connectivity index (χ1n) is 10.0. The van der Waals surface area contributed by atoms with Crippen LogP contribution in [0.4, 0.5) is 5.95 Å². The number of carbonyl (C=O) groups is 1. The van der Waals surface area contributed by atoms with Crippen LogP contribution in [0.5, 0.6) is 5.75 Å². The molecular formula is C21H22N4O5S. The van der Waals surface area contributed by atoms with Crippen LogP contribution in [0.3, 0.4) is 0 Å². The Kier molecular flexibility index (Phi) is 4.92. The minimum Gasteiger partial charge on any atom is -0.495 e. The van der Waals surface area contributed by atoms with Crippen molar-refractivity contribution in [2.75, 3.05) is 44.9 Å². The summed E-state index contributed by atoms with van der Waals surface area (Å²) in [6.45, 7) is 2.31. The minimum absolute atomic E-state index is 0.0181. The Morgan fingerprint density at radius 2 is 1.84 bits per heavy atom. The highest BCUT2D eigenvalue weighted by atomic mass is 32.2. The third kappa shape index (κ3) is 3.27. The second kappa shape index (κ2) is 7.63. The van der Waals surface area contributed by atoms with E-state index >= 15 is 0 Å². The predicted molar refractivity (Wildman–Crippen MR) is 114 cm³/mol. The fraction of sp³-hybridized carbons (Fsp3) is 0.333. The van der Waals surface area contributed by atoms with Crippen molar-refractivity contribution < 1.29 is 22.7 Å². The molecule has 0 aliphatic carbocycles. The first kappa shape index (κ1) is 20.0. The molecule has 5 rings (SSSR count). The topological polar surface area (TPSA) is 94.0 Å². The number of ether oxygens (including phenoxy) is 2. The Labute approximate surface area is 179 Å². The van der Waals surface area contributed by atoms with Crippen molar-refractivity contribution in [1.29, 1.82) is 0 Å². The van der Waals surface area contributed by atoms with Gasteiger partial charge in [0.25, 0.3) is 5.91 Å². The van der Waals surface area contributed by atoms with Gasteiger partial charge in [-0.15, -0.1) is 0 Å². The molecule has 162 valence electrons. The molecule has 0 unspecified atom stereocenters. The summed E-state index contributed by atoms with van der Waals surface area (Å²) in [5.41, 5.74) is 2.06. The van der Waals surface area contributed by atoms with Crippen molar-refractivity contribution in [1.82, 2.24) is 13.9 Å². The molecule has 3 heterocycles. The first-order chi connectivity index (χ1) is 15.0. The summed E-state index contributed by atoms with van der Waals surface area (Å²) in [7, 11) is -2.41. The molecule has 0 N–H and O–H groups in total. The smallest absolute Gasteiger partial charge is 0.260 e. The fourth-order valence-electron chi connectivity index (χ4n) is 4.07. The van der Waals surface area contributed by atoms with Gasteiger partial charge < -0.3 is 14.0 Å². The summed E-state index contributed by atoms with van der Waals surface area (Å²) in [5, 5.41) is 0. The zero-order chi connectivity index (χ0) is 21.6. The highest BCUT2D eigenvalue weighted by molar-refractivity contribution is 7.89. The van der Waals surface area contributed by atoms with Crippen molar-refractivity contribution >= 4 is 32.9 Å². The molecular weight excluding hydrogens is 420 g/mol. The van der Waals surface area contributed by atoms with Gasteiger partial charge in [-0.2, -0.15) is 4.31 Å². The summed E-state index contributed by atoms with van der Waals surface area (Å²) in [4.78, 5) is 19.5. The number of aromatic nitrogens is 2. The van der Waals surface area contributed by atoms with Gasteiger partial charge in [0.15, 0.2) is 0 Å². The molecule has 0 spiro atoms. The molecule has 1 aromatic heterocycles. The Bertz CT molecular complexity index is 1260. The molecule has 0 saturated carbocycles. The maximum atomic E-state index is 13.3. The van der Waals surface area contributed by atoms with E-state index in [9.17, 15) is 13.2 Å². The molecule has 0 radical (unpaired) electrons. The predicted octanol–water partition coefficient (Wildman–Crippen LogP) is 1.73. The van der Waals surface area contributed by atoms with Gasteiger partial charge in [0.1, 0.15) is 10.6 Å². The van der Waals surface area contributed by atoms with Crippen molar-refractivity contribution in [3.63, 3.8) is 0 Å². The number of morpholine rings is 1. The normalized spacial score (nSPS) is 17.1. The molecule has 9 nitrogen and oxygen atoms in total. The lowest BCUT2D eigenvalue weighted by molar-refractivity contribution is 0.0729. The minimum atomic E-state index is -3.83. The van der Waals surface area contributed by atoms with Gasteiger partial charge in [0, 0.05) is 31.7 Å². The number of amides is 1. The second-order valence-corrected chi connectivity index (χ2v) is 9.30. The average molecular weight is 442 g/mol. The van der Waals surface area contributed by atoms with E-state index in [1.54, 1.807) is 11.0 Å². The lowest BCUT2D eigenvalue weighted by Gasteiger charge is -2.27. The SMILES string of the molecule is COc1ccc(C(=O)N2CCn3c2nc2ccccc23)cc1S(=O)(=O)N1CCOCC1. The van der Waals surface area contributed by atoms with Gasteiger partial charge >= 0.3 is 0 Å². The Morgan fingerprint density at radius 1 is 1.06 bits per heavy atom. The summed E-state index contributed by atoms with van der Waals surface area (Å²) in [5.74, 6) is 0.478. The number of fused-ring (bicyclic) bond motifs is 3. The molecule has 2 aliphatic heterocycles. The molecule has 1 amide bonds. The highest BCUT2D eigenvalue weighted by Gasteiger charge is 2.33. The zero-order valence-corrected chi connectivity index (χ0v) is 17.8. The number of nitrogens with zero attached hydrogens (tertiary/aromatic N) is 4. The monoisotopic (exact) mass is 442 g/mol. The second-order valence-electron chi connectivity index (χ2n) is 7.39. The number of imidazole rings is 1. The van der Waals surface area contributed by atoms with E-state index in [1.807, 2.05) is 28.8 Å².